The van der Waals surface area contributed by atoms with Crippen LogP contribution in [-0.2, 0) is 4.74 Å². The minimum atomic E-state index is 0.213. The van der Waals surface area contributed by atoms with Crippen molar-refractivity contribution in [2.45, 2.75) is 45.6 Å². The second kappa shape index (κ2) is 5.52. The van der Waals surface area contributed by atoms with E-state index in [4.69, 9.17) is 10.5 Å². The number of nitrogens with zero attached hydrogens (tertiary/aromatic N) is 2. The number of nitrogens with two attached hydrogens (primary N) is 1. The number of rotatable bonds is 6. The molecule has 18 heavy (non-hydrogen) atoms. The molecule has 0 radical (unpaired) electrons. The van der Waals surface area contributed by atoms with Crippen molar-refractivity contribution in [1.29, 1.82) is 0 Å². The lowest BCUT2D eigenvalue weighted by atomic mass is 10.2. The minimum absolute atomic E-state index is 0.213. The van der Waals surface area contributed by atoms with E-state index in [0.29, 0.717) is 18.3 Å². The van der Waals surface area contributed by atoms with Crippen LogP contribution in [0, 0.1) is 6.92 Å². The SMILES string of the molecule is CCOCC(C)Nc1nc(C2CC2)nc(N)c1C. The van der Waals surface area contributed by atoms with Gasteiger partial charge in [0.2, 0.25) is 0 Å². The maximum absolute atomic E-state index is 5.94. The van der Waals surface area contributed by atoms with Gasteiger partial charge in [0.05, 0.1) is 6.61 Å². The Morgan fingerprint density at radius 3 is 2.78 bits per heavy atom. The number of aromatic nitrogens is 2. The molecule has 5 nitrogen and oxygen atoms in total. The first-order valence-corrected chi connectivity index (χ1v) is 6.60. The van der Waals surface area contributed by atoms with Crippen LogP contribution in [0.5, 0.6) is 0 Å². The highest BCUT2D eigenvalue weighted by Crippen LogP contribution is 2.39. The van der Waals surface area contributed by atoms with E-state index in [-0.39, 0.29) is 6.04 Å². The fourth-order valence-electron chi connectivity index (χ4n) is 1.79. The standard InChI is InChI=1S/C13H22N4O/c1-4-18-7-8(2)15-12-9(3)11(14)16-13(17-12)10-5-6-10/h8,10H,4-7H2,1-3H3,(H3,14,15,16,17). The van der Waals surface area contributed by atoms with E-state index in [2.05, 4.69) is 22.2 Å². The van der Waals surface area contributed by atoms with E-state index in [0.717, 1.165) is 23.8 Å². The highest BCUT2D eigenvalue weighted by Gasteiger charge is 2.28. The van der Waals surface area contributed by atoms with Gasteiger partial charge in [-0.05, 0) is 33.6 Å². The van der Waals surface area contributed by atoms with Crippen molar-refractivity contribution in [3.63, 3.8) is 0 Å². The Hall–Kier alpha value is -1.36. The second-order valence-corrected chi connectivity index (χ2v) is 4.92. The Morgan fingerprint density at radius 2 is 2.17 bits per heavy atom. The summed E-state index contributed by atoms with van der Waals surface area (Å²) >= 11 is 0. The summed E-state index contributed by atoms with van der Waals surface area (Å²) < 4.78 is 5.39. The van der Waals surface area contributed by atoms with Gasteiger partial charge in [-0.25, -0.2) is 9.97 Å². The van der Waals surface area contributed by atoms with Gasteiger partial charge in [-0.2, -0.15) is 0 Å². The molecule has 0 aromatic carbocycles. The van der Waals surface area contributed by atoms with Crippen molar-refractivity contribution in [2.75, 3.05) is 24.3 Å². The van der Waals surface area contributed by atoms with Crippen molar-refractivity contribution in [3.05, 3.63) is 11.4 Å². The third-order valence-electron chi connectivity index (χ3n) is 3.10. The normalized spacial score (nSPS) is 16.6. The first-order valence-electron chi connectivity index (χ1n) is 6.60. The monoisotopic (exact) mass is 250 g/mol. The van der Waals surface area contributed by atoms with Crippen LogP contribution in [0.2, 0.25) is 0 Å². The summed E-state index contributed by atoms with van der Waals surface area (Å²) in [7, 11) is 0. The molecular weight excluding hydrogens is 228 g/mol. The quantitative estimate of drug-likeness (QED) is 0.808. The van der Waals surface area contributed by atoms with Crippen molar-refractivity contribution in [2.24, 2.45) is 0 Å². The molecule has 100 valence electrons. The highest BCUT2D eigenvalue weighted by molar-refractivity contribution is 5.55. The molecule has 1 heterocycles. The average molecular weight is 250 g/mol. The van der Waals surface area contributed by atoms with Crippen LogP contribution in [-0.4, -0.2) is 29.2 Å². The molecule has 1 atom stereocenters. The largest absolute Gasteiger partial charge is 0.383 e. The summed E-state index contributed by atoms with van der Waals surface area (Å²) in [5.74, 6) is 2.81. The number of anilines is 2. The molecule has 0 amide bonds. The van der Waals surface area contributed by atoms with Crippen LogP contribution in [0.3, 0.4) is 0 Å². The maximum atomic E-state index is 5.94. The fraction of sp³-hybridized carbons (Fsp3) is 0.692. The fourth-order valence-corrected chi connectivity index (χ4v) is 1.79. The number of ether oxygens (including phenoxy) is 1. The van der Waals surface area contributed by atoms with Gasteiger partial charge in [-0.15, -0.1) is 0 Å². The topological polar surface area (TPSA) is 73.1 Å². The van der Waals surface area contributed by atoms with Crippen LogP contribution in [0.4, 0.5) is 11.6 Å². The molecular formula is C13H22N4O. The van der Waals surface area contributed by atoms with Crippen LogP contribution in [0.25, 0.3) is 0 Å². The predicted octanol–water partition coefficient (Wildman–Crippen LogP) is 2.08. The van der Waals surface area contributed by atoms with E-state index >= 15 is 0 Å². The molecule has 0 spiro atoms. The van der Waals surface area contributed by atoms with Gasteiger partial charge in [0.25, 0.3) is 0 Å². The van der Waals surface area contributed by atoms with Crippen LogP contribution in [0.15, 0.2) is 0 Å². The van der Waals surface area contributed by atoms with Gasteiger partial charge in [0.15, 0.2) is 0 Å². The molecule has 2 rings (SSSR count). The van der Waals surface area contributed by atoms with Crippen molar-refractivity contribution >= 4 is 11.6 Å². The molecule has 0 bridgehead atoms. The molecule has 1 aromatic heterocycles. The summed E-state index contributed by atoms with van der Waals surface area (Å²) in [6.07, 6.45) is 2.35. The van der Waals surface area contributed by atoms with Crippen molar-refractivity contribution in [1.82, 2.24) is 9.97 Å². The Balaban J connectivity index is 2.10. The molecule has 5 heteroatoms. The Kier molecular flexibility index (Phi) is 4.01. The van der Waals surface area contributed by atoms with Gasteiger partial charge in [-0.1, -0.05) is 0 Å². The third-order valence-corrected chi connectivity index (χ3v) is 3.10. The lowest BCUT2D eigenvalue weighted by Gasteiger charge is -2.17. The van der Waals surface area contributed by atoms with Crippen molar-refractivity contribution in [3.8, 4) is 0 Å². The first kappa shape index (κ1) is 13.1. The van der Waals surface area contributed by atoms with E-state index in [1.807, 2.05) is 13.8 Å². The smallest absolute Gasteiger partial charge is 0.136 e. The molecule has 1 fully saturated rings. The molecule has 1 aliphatic carbocycles. The van der Waals surface area contributed by atoms with Gasteiger partial charge in [-0.3, -0.25) is 0 Å². The van der Waals surface area contributed by atoms with E-state index in [1.54, 1.807) is 0 Å². The van der Waals surface area contributed by atoms with Gasteiger partial charge >= 0.3 is 0 Å². The van der Waals surface area contributed by atoms with Gasteiger partial charge < -0.3 is 15.8 Å². The number of hydrogen-bond donors (Lipinski definition) is 2. The van der Waals surface area contributed by atoms with E-state index in [9.17, 15) is 0 Å². The molecule has 0 saturated heterocycles. The zero-order valence-electron chi connectivity index (χ0n) is 11.4. The van der Waals surface area contributed by atoms with Gasteiger partial charge in [0.1, 0.15) is 17.5 Å². The van der Waals surface area contributed by atoms with Crippen LogP contribution in [0.1, 0.15) is 44.0 Å². The predicted molar refractivity (Wildman–Crippen MR) is 72.7 cm³/mol. The van der Waals surface area contributed by atoms with Crippen LogP contribution >= 0.6 is 0 Å². The van der Waals surface area contributed by atoms with E-state index < -0.39 is 0 Å². The maximum Gasteiger partial charge on any atom is 0.136 e. The van der Waals surface area contributed by atoms with E-state index in [1.165, 1.54) is 12.8 Å². The summed E-state index contributed by atoms with van der Waals surface area (Å²) in [5, 5.41) is 3.35. The Bertz CT molecular complexity index is 418. The number of hydrogen-bond acceptors (Lipinski definition) is 5. The molecule has 1 saturated carbocycles. The molecule has 1 unspecified atom stereocenters. The highest BCUT2D eigenvalue weighted by atomic mass is 16.5. The molecule has 0 aliphatic heterocycles. The molecule has 3 N–H and O–H groups in total. The minimum Gasteiger partial charge on any atom is -0.383 e. The summed E-state index contributed by atoms with van der Waals surface area (Å²) in [4.78, 5) is 8.95. The molecule has 1 aliphatic rings. The lowest BCUT2D eigenvalue weighted by Crippen LogP contribution is -2.23. The Labute approximate surface area is 108 Å². The summed E-state index contributed by atoms with van der Waals surface area (Å²) in [6, 6.07) is 0.213. The lowest BCUT2D eigenvalue weighted by molar-refractivity contribution is 0.141. The zero-order valence-corrected chi connectivity index (χ0v) is 11.4. The average Bonchev–Trinajstić information content (AvgIpc) is 3.16. The van der Waals surface area contributed by atoms with Gasteiger partial charge in [0, 0.05) is 24.1 Å². The summed E-state index contributed by atoms with van der Waals surface area (Å²) in [5.41, 5.74) is 6.86. The number of nitrogen functional groups attached to an aromatic ring is 1. The second-order valence-electron chi connectivity index (χ2n) is 4.92. The molecule has 1 aromatic rings. The van der Waals surface area contributed by atoms with Crippen molar-refractivity contribution < 1.29 is 4.74 Å². The Morgan fingerprint density at radius 1 is 1.44 bits per heavy atom. The summed E-state index contributed by atoms with van der Waals surface area (Å²) in [6.45, 7) is 7.40. The number of nitrogens with one attached hydrogen (secondary N) is 1. The third kappa shape index (κ3) is 3.10. The zero-order chi connectivity index (χ0) is 13.1. The van der Waals surface area contributed by atoms with Crippen LogP contribution < -0.4 is 11.1 Å². The first-order chi connectivity index (χ1) is 8.61.